The second-order valence-corrected chi connectivity index (χ2v) is 9.12. The van der Waals surface area contributed by atoms with E-state index in [1.165, 1.54) is 23.0 Å². The van der Waals surface area contributed by atoms with Crippen LogP contribution in [-0.2, 0) is 6.54 Å². The van der Waals surface area contributed by atoms with Crippen molar-refractivity contribution in [3.05, 3.63) is 94.5 Å². The van der Waals surface area contributed by atoms with Crippen LogP contribution in [0, 0.1) is 12.7 Å². The first-order chi connectivity index (χ1) is 19.0. The highest BCUT2D eigenvalue weighted by atomic mass is 19.1. The van der Waals surface area contributed by atoms with Crippen molar-refractivity contribution in [3.8, 4) is 28.4 Å². The molecule has 3 aromatic heterocycles. The van der Waals surface area contributed by atoms with Gasteiger partial charge in [0.2, 0.25) is 6.79 Å². The normalized spacial score (nSPS) is 12.5. The monoisotopic (exact) mass is 521 g/mol. The first kappa shape index (κ1) is 22.8. The van der Waals surface area contributed by atoms with Gasteiger partial charge in [-0.05, 0) is 48.9 Å². The van der Waals surface area contributed by atoms with Crippen LogP contribution in [0.1, 0.15) is 11.4 Å². The number of para-hydroxylation sites is 1. The van der Waals surface area contributed by atoms with Crippen LogP contribution in [0.3, 0.4) is 0 Å². The number of rotatable bonds is 4. The Hall–Kier alpha value is -5.32. The average Bonchev–Trinajstić information content (AvgIpc) is 3.55. The molecule has 6 aromatic rings. The number of ether oxygens (including phenoxy) is 2. The van der Waals surface area contributed by atoms with Gasteiger partial charge >= 0.3 is 0 Å². The summed E-state index contributed by atoms with van der Waals surface area (Å²) >= 11 is 0. The van der Waals surface area contributed by atoms with Gasteiger partial charge in [-0.3, -0.25) is 9.36 Å². The molecular weight excluding hydrogens is 501 g/mol. The summed E-state index contributed by atoms with van der Waals surface area (Å²) in [5.41, 5.74) is 9.19. The van der Waals surface area contributed by atoms with Crippen LogP contribution in [0.4, 0.5) is 10.2 Å². The van der Waals surface area contributed by atoms with Crippen LogP contribution >= 0.6 is 0 Å². The molecule has 10 nitrogen and oxygen atoms in total. The van der Waals surface area contributed by atoms with Crippen molar-refractivity contribution in [2.24, 2.45) is 0 Å². The van der Waals surface area contributed by atoms with E-state index in [4.69, 9.17) is 25.3 Å². The standard InChI is InChI=1S/C28H20FN7O3/c1-15-5-2-3-8-19(15)36-22(33-18-7-4-6-17(29)23(18)28(36)37)12-35-27-24(26(30)31-13-32-27)25(34-35)16-9-10-20-21(11-16)39-14-38-20/h2-11,13H,12,14H2,1H3,(H2,30,31,32). The minimum Gasteiger partial charge on any atom is -0.454 e. The first-order valence-electron chi connectivity index (χ1n) is 12.1. The smallest absolute Gasteiger partial charge is 0.269 e. The number of hydrogen-bond acceptors (Lipinski definition) is 8. The molecule has 11 heteroatoms. The lowest BCUT2D eigenvalue weighted by Crippen LogP contribution is -2.27. The van der Waals surface area contributed by atoms with Crippen molar-refractivity contribution in [2.45, 2.75) is 13.5 Å². The zero-order chi connectivity index (χ0) is 26.7. The first-order valence-corrected chi connectivity index (χ1v) is 12.1. The maximum Gasteiger partial charge on any atom is 0.269 e. The topological polar surface area (TPSA) is 123 Å². The van der Waals surface area contributed by atoms with Crippen molar-refractivity contribution >= 4 is 27.8 Å². The fourth-order valence-electron chi connectivity index (χ4n) is 4.93. The summed E-state index contributed by atoms with van der Waals surface area (Å²) in [5, 5.41) is 5.30. The fourth-order valence-corrected chi connectivity index (χ4v) is 4.93. The van der Waals surface area contributed by atoms with E-state index in [0.717, 1.165) is 11.1 Å². The van der Waals surface area contributed by atoms with Gasteiger partial charge in [0.25, 0.3) is 5.56 Å². The molecule has 4 heterocycles. The summed E-state index contributed by atoms with van der Waals surface area (Å²) in [4.78, 5) is 27.1. The molecule has 3 aromatic carbocycles. The average molecular weight is 522 g/mol. The molecular formula is C28H20FN7O3. The molecule has 0 bridgehead atoms. The molecule has 0 aliphatic carbocycles. The van der Waals surface area contributed by atoms with Gasteiger partial charge in [0.15, 0.2) is 17.1 Å². The Bertz CT molecular complexity index is 2000. The predicted octanol–water partition coefficient (Wildman–Crippen LogP) is 4.00. The zero-order valence-electron chi connectivity index (χ0n) is 20.6. The SMILES string of the molecule is Cc1ccccc1-n1c(Cn2nc(-c3ccc4c(c3)OCO4)c3c(N)ncnc32)nc2cccc(F)c2c1=O. The molecule has 0 spiro atoms. The van der Waals surface area contributed by atoms with Gasteiger partial charge in [-0.1, -0.05) is 24.3 Å². The third-order valence-corrected chi connectivity index (χ3v) is 6.77. The molecule has 1 aliphatic rings. The molecule has 0 amide bonds. The van der Waals surface area contributed by atoms with E-state index in [2.05, 4.69) is 9.97 Å². The highest BCUT2D eigenvalue weighted by Crippen LogP contribution is 2.38. The molecule has 192 valence electrons. The summed E-state index contributed by atoms with van der Waals surface area (Å²) < 4.78 is 28.9. The molecule has 2 N–H and O–H groups in total. The second-order valence-electron chi connectivity index (χ2n) is 9.12. The Balaban J connectivity index is 1.46. The predicted molar refractivity (Wildman–Crippen MR) is 142 cm³/mol. The summed E-state index contributed by atoms with van der Waals surface area (Å²) in [6.07, 6.45) is 1.36. The number of nitrogens with zero attached hydrogens (tertiary/aromatic N) is 6. The van der Waals surface area contributed by atoms with E-state index in [1.54, 1.807) is 22.9 Å². The van der Waals surface area contributed by atoms with Crippen LogP contribution in [0.5, 0.6) is 11.5 Å². The van der Waals surface area contributed by atoms with Crippen molar-refractivity contribution < 1.29 is 13.9 Å². The van der Waals surface area contributed by atoms with Gasteiger partial charge in [0.05, 0.1) is 16.6 Å². The third-order valence-electron chi connectivity index (χ3n) is 6.77. The number of aromatic nitrogens is 6. The largest absolute Gasteiger partial charge is 0.454 e. The quantitative estimate of drug-likeness (QED) is 0.369. The molecule has 7 rings (SSSR count). The third kappa shape index (κ3) is 3.58. The second kappa shape index (κ2) is 8.62. The van der Waals surface area contributed by atoms with Crippen LogP contribution in [0.25, 0.3) is 38.9 Å². The van der Waals surface area contributed by atoms with Gasteiger partial charge in [-0.2, -0.15) is 5.10 Å². The summed E-state index contributed by atoms with van der Waals surface area (Å²) in [7, 11) is 0. The molecule has 0 saturated carbocycles. The summed E-state index contributed by atoms with van der Waals surface area (Å²) in [6.45, 7) is 2.07. The summed E-state index contributed by atoms with van der Waals surface area (Å²) in [6, 6.07) is 17.2. The lowest BCUT2D eigenvalue weighted by Gasteiger charge is -2.16. The maximum atomic E-state index is 14.8. The molecule has 0 saturated heterocycles. The van der Waals surface area contributed by atoms with Gasteiger partial charge in [0, 0.05) is 5.56 Å². The van der Waals surface area contributed by atoms with Crippen molar-refractivity contribution in [1.29, 1.82) is 0 Å². The molecule has 0 atom stereocenters. The van der Waals surface area contributed by atoms with Crippen molar-refractivity contribution in [3.63, 3.8) is 0 Å². The van der Waals surface area contributed by atoms with Crippen molar-refractivity contribution in [1.82, 2.24) is 29.3 Å². The molecule has 0 radical (unpaired) electrons. The van der Waals surface area contributed by atoms with Gasteiger partial charge < -0.3 is 15.2 Å². The number of benzene rings is 3. The van der Waals surface area contributed by atoms with Gasteiger partial charge in [0.1, 0.15) is 41.4 Å². The number of nitrogens with two attached hydrogens (primary N) is 1. The van der Waals surface area contributed by atoms with E-state index in [0.29, 0.717) is 39.7 Å². The molecule has 39 heavy (non-hydrogen) atoms. The number of nitrogen functional groups attached to an aromatic ring is 1. The zero-order valence-corrected chi connectivity index (χ0v) is 20.6. The van der Waals surface area contributed by atoms with E-state index in [9.17, 15) is 9.18 Å². The number of hydrogen-bond donors (Lipinski definition) is 1. The number of fused-ring (bicyclic) bond motifs is 3. The van der Waals surface area contributed by atoms with Gasteiger partial charge in [-0.15, -0.1) is 0 Å². The fraction of sp³-hybridized carbons (Fsp3) is 0.107. The van der Waals surface area contributed by atoms with Crippen LogP contribution in [-0.4, -0.2) is 36.1 Å². The highest BCUT2D eigenvalue weighted by Gasteiger charge is 2.23. The Morgan fingerprint density at radius 1 is 1.00 bits per heavy atom. The van der Waals surface area contributed by atoms with E-state index < -0.39 is 11.4 Å². The Kier molecular flexibility index (Phi) is 5.05. The molecule has 0 fully saturated rings. The van der Waals surface area contributed by atoms with E-state index in [1.807, 2.05) is 37.3 Å². The van der Waals surface area contributed by atoms with Gasteiger partial charge in [-0.25, -0.2) is 24.0 Å². The van der Waals surface area contributed by atoms with Crippen LogP contribution in [0.15, 0.2) is 71.8 Å². The Morgan fingerprint density at radius 3 is 2.72 bits per heavy atom. The van der Waals surface area contributed by atoms with Crippen LogP contribution in [0.2, 0.25) is 0 Å². The lowest BCUT2D eigenvalue weighted by atomic mass is 10.1. The minimum absolute atomic E-state index is 0.0491. The van der Waals surface area contributed by atoms with E-state index in [-0.39, 0.29) is 30.1 Å². The number of aryl methyl sites for hydroxylation is 1. The Labute approximate surface area is 220 Å². The summed E-state index contributed by atoms with van der Waals surface area (Å²) in [5.74, 6) is 1.21. The molecule has 1 aliphatic heterocycles. The maximum absolute atomic E-state index is 14.8. The lowest BCUT2D eigenvalue weighted by molar-refractivity contribution is 0.174. The van der Waals surface area contributed by atoms with Crippen molar-refractivity contribution in [2.75, 3.05) is 12.5 Å². The van der Waals surface area contributed by atoms with E-state index >= 15 is 0 Å². The van der Waals surface area contributed by atoms with Crippen LogP contribution < -0.4 is 20.8 Å². The Morgan fingerprint density at radius 2 is 1.85 bits per heavy atom. The number of anilines is 1. The molecule has 0 unspecified atom stereocenters. The highest BCUT2D eigenvalue weighted by molar-refractivity contribution is 5.98. The number of halogens is 1. The minimum atomic E-state index is -0.631.